The molecule has 0 aromatic carbocycles. The Morgan fingerprint density at radius 3 is 2.73 bits per heavy atom. The van der Waals surface area contributed by atoms with Gasteiger partial charge >= 0.3 is 5.97 Å². The van der Waals surface area contributed by atoms with Crippen LogP contribution in [0.2, 0.25) is 0 Å². The number of aromatic nitrogens is 3. The smallest absolute Gasteiger partial charge is 0.341 e. The first-order valence-corrected chi connectivity index (χ1v) is 10.1. The standard InChI is InChI=1S/C20H20N4O5S/c1-4-28-20(27)16-11(2)17(12(3)25)30-19(16)22-14(26)8-9-15-23-18(24-29-15)13-7-5-6-10-21-13/h5-7,10H,4,8-9H2,1-3H3,(H,22,26). The number of nitrogens with zero attached hydrogens (tertiary/aromatic N) is 3. The number of carbonyl (C=O) groups excluding carboxylic acids is 3. The average molecular weight is 428 g/mol. The van der Waals surface area contributed by atoms with Crippen LogP contribution in [0, 0.1) is 6.92 Å². The van der Waals surface area contributed by atoms with Gasteiger partial charge in [0.15, 0.2) is 5.78 Å². The number of rotatable bonds is 8. The highest BCUT2D eigenvalue weighted by Gasteiger charge is 2.25. The SMILES string of the molecule is CCOC(=O)c1c(NC(=O)CCc2nc(-c3ccccn3)no2)sc(C(C)=O)c1C. The molecule has 0 saturated carbocycles. The fourth-order valence-corrected chi connectivity index (χ4v) is 3.86. The van der Waals surface area contributed by atoms with Crippen LogP contribution in [0.4, 0.5) is 5.00 Å². The Morgan fingerprint density at radius 2 is 2.07 bits per heavy atom. The van der Waals surface area contributed by atoms with E-state index in [0.29, 0.717) is 32.9 Å². The summed E-state index contributed by atoms with van der Waals surface area (Å²) in [4.78, 5) is 45.4. The van der Waals surface area contributed by atoms with Gasteiger partial charge in [-0.2, -0.15) is 4.98 Å². The van der Waals surface area contributed by atoms with Crippen LogP contribution in [-0.4, -0.2) is 39.4 Å². The molecule has 1 N–H and O–H groups in total. The van der Waals surface area contributed by atoms with E-state index in [-0.39, 0.29) is 36.7 Å². The van der Waals surface area contributed by atoms with Gasteiger partial charge in [-0.25, -0.2) is 4.79 Å². The summed E-state index contributed by atoms with van der Waals surface area (Å²) < 4.78 is 10.2. The second kappa shape index (κ2) is 9.40. The van der Waals surface area contributed by atoms with Crippen LogP contribution in [-0.2, 0) is 16.0 Å². The zero-order valence-electron chi connectivity index (χ0n) is 16.7. The maximum Gasteiger partial charge on any atom is 0.341 e. The lowest BCUT2D eigenvalue weighted by Crippen LogP contribution is -2.15. The molecule has 3 rings (SSSR count). The van der Waals surface area contributed by atoms with Gasteiger partial charge in [0.25, 0.3) is 0 Å². The van der Waals surface area contributed by atoms with Crippen molar-refractivity contribution in [3.05, 3.63) is 46.3 Å². The van der Waals surface area contributed by atoms with Gasteiger partial charge < -0.3 is 14.6 Å². The van der Waals surface area contributed by atoms with Gasteiger partial charge in [0, 0.05) is 19.0 Å². The first kappa shape index (κ1) is 21.3. The molecule has 0 atom stereocenters. The number of carbonyl (C=O) groups is 3. The predicted octanol–water partition coefficient (Wildman–Crippen LogP) is 3.45. The van der Waals surface area contributed by atoms with E-state index in [0.717, 1.165) is 11.3 Å². The lowest BCUT2D eigenvalue weighted by Gasteiger charge is -2.06. The third kappa shape index (κ3) is 4.77. The quantitative estimate of drug-likeness (QED) is 0.427. The number of pyridine rings is 1. The maximum atomic E-state index is 12.4. The molecule has 10 heteroatoms. The van der Waals surface area contributed by atoms with Crippen molar-refractivity contribution in [1.82, 2.24) is 15.1 Å². The van der Waals surface area contributed by atoms with E-state index in [1.807, 2.05) is 6.07 Å². The Labute approximate surface area is 176 Å². The summed E-state index contributed by atoms with van der Waals surface area (Å²) in [7, 11) is 0. The predicted molar refractivity (Wildman–Crippen MR) is 109 cm³/mol. The van der Waals surface area contributed by atoms with Gasteiger partial charge in [-0.05, 0) is 38.5 Å². The Morgan fingerprint density at radius 1 is 1.27 bits per heavy atom. The number of amides is 1. The zero-order valence-corrected chi connectivity index (χ0v) is 17.5. The molecular formula is C20H20N4O5S. The highest BCUT2D eigenvalue weighted by Crippen LogP contribution is 2.34. The van der Waals surface area contributed by atoms with Crippen LogP contribution in [0.5, 0.6) is 0 Å². The van der Waals surface area contributed by atoms with Gasteiger partial charge in [-0.15, -0.1) is 11.3 Å². The molecule has 0 radical (unpaired) electrons. The van der Waals surface area contributed by atoms with Crippen molar-refractivity contribution >= 4 is 34.0 Å². The number of Topliss-reactive ketones (excluding diaryl/α,β-unsaturated/α-hetero) is 1. The zero-order chi connectivity index (χ0) is 21.7. The molecule has 0 fully saturated rings. The number of hydrogen-bond donors (Lipinski definition) is 1. The van der Waals surface area contributed by atoms with Crippen LogP contribution in [0.3, 0.4) is 0 Å². The summed E-state index contributed by atoms with van der Waals surface area (Å²) in [5.41, 5.74) is 1.27. The van der Waals surface area contributed by atoms with Crippen LogP contribution in [0.25, 0.3) is 11.5 Å². The normalized spacial score (nSPS) is 10.6. The van der Waals surface area contributed by atoms with Crippen molar-refractivity contribution in [2.24, 2.45) is 0 Å². The molecule has 3 aromatic rings. The first-order chi connectivity index (χ1) is 14.4. The van der Waals surface area contributed by atoms with Crippen LogP contribution in [0.1, 0.15) is 51.8 Å². The Hall–Kier alpha value is -3.40. The number of thiophene rings is 1. The Bertz CT molecular complexity index is 1070. The molecular weight excluding hydrogens is 408 g/mol. The molecule has 0 aliphatic carbocycles. The van der Waals surface area contributed by atoms with Gasteiger partial charge in [-0.1, -0.05) is 11.2 Å². The van der Waals surface area contributed by atoms with E-state index >= 15 is 0 Å². The summed E-state index contributed by atoms with van der Waals surface area (Å²) in [6, 6.07) is 5.35. The molecule has 3 aromatic heterocycles. The van der Waals surface area contributed by atoms with E-state index in [4.69, 9.17) is 9.26 Å². The van der Waals surface area contributed by atoms with Gasteiger partial charge in [0.2, 0.25) is 17.6 Å². The fourth-order valence-electron chi connectivity index (χ4n) is 2.75. The Kier molecular flexibility index (Phi) is 6.68. The lowest BCUT2D eigenvalue weighted by atomic mass is 10.1. The summed E-state index contributed by atoms with van der Waals surface area (Å²) >= 11 is 1.06. The second-order valence-electron chi connectivity index (χ2n) is 6.31. The second-order valence-corrected chi connectivity index (χ2v) is 7.33. The van der Waals surface area contributed by atoms with Gasteiger partial charge in [0.1, 0.15) is 10.7 Å². The molecule has 0 spiro atoms. The number of ether oxygens (including phenoxy) is 1. The summed E-state index contributed by atoms with van der Waals surface area (Å²) in [5, 5.41) is 6.86. The molecule has 30 heavy (non-hydrogen) atoms. The summed E-state index contributed by atoms with van der Waals surface area (Å²) in [6.07, 6.45) is 1.89. The minimum atomic E-state index is -0.578. The largest absolute Gasteiger partial charge is 0.462 e. The van der Waals surface area contributed by atoms with Crippen molar-refractivity contribution in [2.45, 2.75) is 33.6 Å². The molecule has 0 aliphatic heterocycles. The molecule has 0 aliphatic rings. The maximum absolute atomic E-state index is 12.4. The Balaban J connectivity index is 1.69. The molecule has 0 unspecified atom stereocenters. The van der Waals surface area contributed by atoms with E-state index in [2.05, 4.69) is 20.4 Å². The molecule has 0 saturated heterocycles. The highest BCUT2D eigenvalue weighted by atomic mass is 32.1. The van der Waals surface area contributed by atoms with Crippen LogP contribution >= 0.6 is 11.3 Å². The van der Waals surface area contributed by atoms with E-state index in [1.165, 1.54) is 6.92 Å². The molecule has 9 nitrogen and oxygen atoms in total. The first-order valence-electron chi connectivity index (χ1n) is 9.26. The topological polar surface area (TPSA) is 124 Å². The van der Waals surface area contributed by atoms with Crippen molar-refractivity contribution in [3.63, 3.8) is 0 Å². The van der Waals surface area contributed by atoms with Gasteiger partial charge in [-0.3, -0.25) is 14.6 Å². The van der Waals surface area contributed by atoms with Crippen LogP contribution < -0.4 is 5.32 Å². The van der Waals surface area contributed by atoms with Crippen molar-refractivity contribution in [3.8, 4) is 11.5 Å². The number of nitrogens with one attached hydrogen (secondary N) is 1. The number of ketones is 1. The van der Waals surface area contributed by atoms with Crippen molar-refractivity contribution in [1.29, 1.82) is 0 Å². The fraction of sp³-hybridized carbons (Fsp3) is 0.300. The van der Waals surface area contributed by atoms with E-state index in [1.54, 1.807) is 32.2 Å². The molecule has 3 heterocycles. The minimum absolute atomic E-state index is 0.0540. The minimum Gasteiger partial charge on any atom is -0.462 e. The average Bonchev–Trinajstić information content (AvgIpc) is 3.32. The van der Waals surface area contributed by atoms with Crippen molar-refractivity contribution in [2.75, 3.05) is 11.9 Å². The summed E-state index contributed by atoms with van der Waals surface area (Å²) in [6.45, 7) is 4.95. The van der Waals surface area contributed by atoms with E-state index < -0.39 is 5.97 Å². The third-order valence-electron chi connectivity index (χ3n) is 4.13. The highest BCUT2D eigenvalue weighted by molar-refractivity contribution is 7.18. The van der Waals surface area contributed by atoms with E-state index in [9.17, 15) is 14.4 Å². The third-order valence-corrected chi connectivity index (χ3v) is 5.44. The number of hydrogen-bond acceptors (Lipinski definition) is 9. The molecule has 0 bridgehead atoms. The van der Waals surface area contributed by atoms with Crippen molar-refractivity contribution < 1.29 is 23.6 Å². The number of anilines is 1. The summed E-state index contributed by atoms with van der Waals surface area (Å²) in [5.74, 6) is -0.476. The van der Waals surface area contributed by atoms with Gasteiger partial charge in [0.05, 0.1) is 17.0 Å². The molecule has 1 amide bonds. The number of aryl methyl sites for hydroxylation is 1. The molecule has 156 valence electrons. The monoisotopic (exact) mass is 428 g/mol. The number of esters is 1. The lowest BCUT2D eigenvalue weighted by molar-refractivity contribution is -0.116. The van der Waals surface area contributed by atoms with Crippen LogP contribution in [0.15, 0.2) is 28.9 Å².